The van der Waals surface area contributed by atoms with E-state index in [2.05, 4.69) is 4.90 Å². The molecule has 0 saturated carbocycles. The van der Waals surface area contributed by atoms with Gasteiger partial charge in [-0.3, -0.25) is 9.36 Å². The highest BCUT2D eigenvalue weighted by Crippen LogP contribution is 2.40. The summed E-state index contributed by atoms with van der Waals surface area (Å²) in [5, 5.41) is 0.493. The summed E-state index contributed by atoms with van der Waals surface area (Å²) >= 11 is 12.9. The Morgan fingerprint density at radius 2 is 1.82 bits per heavy atom. The first-order valence-corrected chi connectivity index (χ1v) is 14.0. The Morgan fingerprint density at radius 1 is 1.13 bits per heavy atom. The predicted octanol–water partition coefficient (Wildman–Crippen LogP) is 7.90. The molecule has 2 aliphatic rings. The van der Waals surface area contributed by atoms with Gasteiger partial charge in [-0.15, -0.1) is 0 Å². The van der Waals surface area contributed by atoms with E-state index < -0.39 is 5.60 Å². The standard InChI is InChI=1S/C28H31Cl2FN2O3.C2H6/c1-28(2,3)36-27(35)20-8-6-18(7-9-20)14-16-33-25(22(29)17-23(30)26(33)34)32-15-4-5-24(32)19-10-12-21(31)13-11-19;1-2/h6,8-13,17-18,24H,4-5,7,14-16H2,1-3H3;1-2H3. The summed E-state index contributed by atoms with van der Waals surface area (Å²) in [5.74, 6) is 0.176. The van der Waals surface area contributed by atoms with E-state index in [9.17, 15) is 14.0 Å². The third-order valence-corrected chi connectivity index (χ3v) is 7.05. The Morgan fingerprint density at radius 3 is 2.42 bits per heavy atom. The normalized spacial score (nSPS) is 19.1. The Bertz CT molecular complexity index is 1250. The van der Waals surface area contributed by atoms with Crippen molar-refractivity contribution in [1.82, 2.24) is 4.57 Å². The Labute approximate surface area is 234 Å². The largest absolute Gasteiger partial charge is 0.456 e. The maximum Gasteiger partial charge on any atom is 0.338 e. The third-order valence-electron chi connectivity index (χ3n) is 6.50. The second-order valence-electron chi connectivity index (χ2n) is 10.3. The molecule has 1 aliphatic heterocycles. The molecule has 4 rings (SSSR count). The van der Waals surface area contributed by atoms with Gasteiger partial charge in [-0.1, -0.05) is 67.4 Å². The second-order valence-corrected chi connectivity index (χ2v) is 11.1. The van der Waals surface area contributed by atoms with Crippen LogP contribution in [0.1, 0.15) is 71.9 Å². The monoisotopic (exact) mass is 562 g/mol. The highest BCUT2D eigenvalue weighted by atomic mass is 35.5. The fourth-order valence-corrected chi connectivity index (χ4v) is 5.39. The first kappa shape index (κ1) is 30.0. The molecule has 1 saturated heterocycles. The lowest BCUT2D eigenvalue weighted by atomic mass is 9.93. The molecule has 0 N–H and O–H groups in total. The number of benzene rings is 1. The lowest BCUT2D eigenvalue weighted by molar-refractivity contribution is -0.149. The molecule has 2 heterocycles. The van der Waals surface area contributed by atoms with Crippen molar-refractivity contribution in [2.24, 2.45) is 5.92 Å². The summed E-state index contributed by atoms with van der Waals surface area (Å²) in [5.41, 5.74) is 0.691. The van der Waals surface area contributed by atoms with E-state index in [1.165, 1.54) is 18.2 Å². The van der Waals surface area contributed by atoms with Gasteiger partial charge in [-0.2, -0.15) is 0 Å². The molecule has 8 heteroatoms. The number of carbonyl (C=O) groups excluding carboxylic acids is 1. The smallest absolute Gasteiger partial charge is 0.338 e. The van der Waals surface area contributed by atoms with Gasteiger partial charge < -0.3 is 9.64 Å². The number of halogens is 3. The van der Waals surface area contributed by atoms with Gasteiger partial charge in [0.15, 0.2) is 0 Å². The zero-order valence-corrected chi connectivity index (χ0v) is 24.3. The molecule has 1 aliphatic carbocycles. The van der Waals surface area contributed by atoms with E-state index in [4.69, 9.17) is 27.9 Å². The van der Waals surface area contributed by atoms with Gasteiger partial charge in [-0.25, -0.2) is 9.18 Å². The second kappa shape index (κ2) is 13.0. The number of nitrogens with zero attached hydrogens (tertiary/aromatic N) is 2. The average molecular weight is 564 g/mol. The molecule has 0 spiro atoms. The minimum atomic E-state index is -0.548. The van der Waals surface area contributed by atoms with Crippen LogP contribution in [0.5, 0.6) is 0 Å². The van der Waals surface area contributed by atoms with Crippen molar-refractivity contribution in [3.05, 3.63) is 85.9 Å². The predicted molar refractivity (Wildman–Crippen MR) is 154 cm³/mol. The molecule has 0 amide bonds. The average Bonchev–Trinajstić information content (AvgIpc) is 3.35. The van der Waals surface area contributed by atoms with E-state index in [1.807, 2.05) is 46.8 Å². The van der Waals surface area contributed by atoms with E-state index in [0.29, 0.717) is 35.8 Å². The van der Waals surface area contributed by atoms with Crippen molar-refractivity contribution in [1.29, 1.82) is 0 Å². The zero-order valence-electron chi connectivity index (χ0n) is 22.8. The molecule has 38 heavy (non-hydrogen) atoms. The number of hydrogen-bond donors (Lipinski definition) is 0. The molecule has 2 aromatic rings. The summed E-state index contributed by atoms with van der Waals surface area (Å²) in [4.78, 5) is 27.6. The van der Waals surface area contributed by atoms with Crippen molar-refractivity contribution in [2.75, 3.05) is 11.4 Å². The molecule has 0 bridgehead atoms. The van der Waals surface area contributed by atoms with Gasteiger partial charge in [0.2, 0.25) is 0 Å². The van der Waals surface area contributed by atoms with Gasteiger partial charge in [0.1, 0.15) is 22.3 Å². The number of ether oxygens (including phenoxy) is 1. The molecular formula is C30H37Cl2FN2O3. The lowest BCUT2D eigenvalue weighted by Crippen LogP contribution is -2.32. The van der Waals surface area contributed by atoms with Crippen molar-refractivity contribution in [3.63, 3.8) is 0 Å². The highest BCUT2D eigenvalue weighted by Gasteiger charge is 2.31. The third kappa shape index (κ3) is 7.29. The lowest BCUT2D eigenvalue weighted by Gasteiger charge is -2.31. The van der Waals surface area contributed by atoms with Gasteiger partial charge in [0.05, 0.1) is 16.6 Å². The van der Waals surface area contributed by atoms with Crippen LogP contribution in [-0.2, 0) is 16.1 Å². The number of esters is 1. The zero-order chi connectivity index (χ0) is 28.0. The summed E-state index contributed by atoms with van der Waals surface area (Å²) < 4.78 is 20.6. The summed E-state index contributed by atoms with van der Waals surface area (Å²) in [6, 6.07) is 7.98. The van der Waals surface area contributed by atoms with Crippen molar-refractivity contribution >= 4 is 35.0 Å². The van der Waals surface area contributed by atoms with Gasteiger partial charge in [0, 0.05) is 13.1 Å². The van der Waals surface area contributed by atoms with Crippen molar-refractivity contribution < 1.29 is 13.9 Å². The summed E-state index contributed by atoms with van der Waals surface area (Å²) in [7, 11) is 0. The highest BCUT2D eigenvalue weighted by molar-refractivity contribution is 6.36. The minimum Gasteiger partial charge on any atom is -0.456 e. The number of aromatic nitrogens is 1. The molecule has 1 fully saturated rings. The quantitative estimate of drug-likeness (QED) is 0.336. The van der Waals surface area contributed by atoms with Crippen LogP contribution in [0.2, 0.25) is 10.0 Å². The van der Waals surface area contributed by atoms with Crippen LogP contribution in [0.25, 0.3) is 0 Å². The number of allylic oxidation sites excluding steroid dienone is 2. The summed E-state index contributed by atoms with van der Waals surface area (Å²) in [6.07, 6.45) is 8.83. The molecular weight excluding hydrogens is 526 g/mol. The van der Waals surface area contributed by atoms with E-state index in [1.54, 1.807) is 22.8 Å². The van der Waals surface area contributed by atoms with Crippen LogP contribution >= 0.6 is 23.2 Å². The van der Waals surface area contributed by atoms with Gasteiger partial charge in [-0.05, 0) is 76.1 Å². The number of anilines is 1. The van der Waals surface area contributed by atoms with Crippen molar-refractivity contribution in [2.45, 2.75) is 78.5 Å². The van der Waals surface area contributed by atoms with Crippen LogP contribution in [-0.4, -0.2) is 22.7 Å². The molecule has 2 atom stereocenters. The maximum atomic E-state index is 13.5. The van der Waals surface area contributed by atoms with Crippen LogP contribution in [0, 0.1) is 11.7 Å². The minimum absolute atomic E-state index is 0.0103. The van der Waals surface area contributed by atoms with Gasteiger partial charge in [0.25, 0.3) is 5.56 Å². The Balaban J connectivity index is 0.00000195. The fourth-order valence-electron chi connectivity index (χ4n) is 4.81. The number of rotatable bonds is 6. The number of pyridine rings is 1. The SMILES string of the molecule is CC.CC(C)(C)OC(=O)C1=CCC(CCn2c(N3CCCC3c3ccc(F)cc3)c(Cl)cc(Cl)c2=O)C=C1. The number of hydrogen-bond acceptors (Lipinski definition) is 4. The molecule has 0 radical (unpaired) electrons. The molecule has 5 nitrogen and oxygen atoms in total. The molecule has 1 aromatic carbocycles. The van der Waals surface area contributed by atoms with Crippen LogP contribution in [0.3, 0.4) is 0 Å². The fraction of sp³-hybridized carbons (Fsp3) is 0.467. The van der Waals surface area contributed by atoms with Gasteiger partial charge >= 0.3 is 5.97 Å². The molecule has 2 unspecified atom stereocenters. The van der Waals surface area contributed by atoms with E-state index in [-0.39, 0.29) is 34.3 Å². The molecule has 1 aromatic heterocycles. The molecule has 206 valence electrons. The first-order chi connectivity index (χ1) is 18.0. The van der Waals surface area contributed by atoms with E-state index in [0.717, 1.165) is 24.9 Å². The van der Waals surface area contributed by atoms with Crippen LogP contribution in [0.15, 0.2) is 58.9 Å². The Hall–Kier alpha value is -2.57. The maximum absolute atomic E-state index is 13.5. The topological polar surface area (TPSA) is 51.5 Å². The van der Waals surface area contributed by atoms with Crippen LogP contribution < -0.4 is 10.5 Å². The summed E-state index contributed by atoms with van der Waals surface area (Å²) in [6.45, 7) is 10.7. The van der Waals surface area contributed by atoms with E-state index >= 15 is 0 Å². The first-order valence-electron chi connectivity index (χ1n) is 13.3. The number of carbonyl (C=O) groups is 1. The Kier molecular flexibility index (Phi) is 10.2. The van der Waals surface area contributed by atoms with Crippen molar-refractivity contribution in [3.8, 4) is 0 Å². The van der Waals surface area contributed by atoms with Crippen LogP contribution in [0.4, 0.5) is 10.2 Å².